The second-order valence-corrected chi connectivity index (χ2v) is 10.7. The molecule has 0 saturated heterocycles. The average molecular weight is 507 g/mol. The Hall–Kier alpha value is -3.55. The summed E-state index contributed by atoms with van der Waals surface area (Å²) in [5.74, 6) is -1.50. The van der Waals surface area contributed by atoms with E-state index in [0.717, 1.165) is 4.57 Å². The second kappa shape index (κ2) is 9.37. The van der Waals surface area contributed by atoms with E-state index in [9.17, 15) is 31.3 Å². The minimum absolute atomic E-state index is 0.0146. The molecule has 180 valence electrons. The first-order valence-electron chi connectivity index (χ1n) is 9.88. The Morgan fingerprint density at radius 1 is 0.941 bits per heavy atom. The summed E-state index contributed by atoms with van der Waals surface area (Å²) >= 11 is 0. The zero-order valence-electron chi connectivity index (χ0n) is 18.2. The lowest BCUT2D eigenvalue weighted by Crippen LogP contribution is -2.22. The van der Waals surface area contributed by atoms with Crippen LogP contribution in [-0.2, 0) is 32.3 Å². The fraction of sp³-hybridized carbons (Fsp3) is 0.190. The van der Waals surface area contributed by atoms with Gasteiger partial charge >= 0.3 is 0 Å². The van der Waals surface area contributed by atoms with Crippen LogP contribution in [0.15, 0.2) is 73.3 Å². The number of hydrogen-bond acceptors (Lipinski definition) is 9. The lowest BCUT2D eigenvalue weighted by molar-refractivity contribution is 0.403. The molecule has 0 spiro atoms. The van der Waals surface area contributed by atoms with Crippen molar-refractivity contribution in [1.29, 1.82) is 0 Å². The Labute approximate surface area is 195 Å². The second-order valence-electron chi connectivity index (χ2n) is 7.32. The van der Waals surface area contributed by atoms with Crippen LogP contribution in [0.25, 0.3) is 0 Å². The highest BCUT2D eigenvalue weighted by atomic mass is 32.2. The molecular weight excluding hydrogens is 484 g/mol. The molecule has 0 unspecified atom stereocenters. The van der Waals surface area contributed by atoms with E-state index in [2.05, 4.69) is 10.2 Å². The standard InChI is InChI=1S/C21H22N4O7S2/c1-3-25-20(26)18(12-33(28,29)30)13(2)19(21(25)27)24-23-15-6-10-17(11-7-15)34(31,32)16-8-4-14(22)5-9-16/h4-11,26H,3,12,22H2,1-2H3,(H,28,29,30)/b24-23+. The Balaban J connectivity index is 1.99. The quantitative estimate of drug-likeness (QED) is 0.248. The zero-order valence-corrected chi connectivity index (χ0v) is 19.8. The predicted octanol–water partition coefficient (Wildman–Crippen LogP) is 3.10. The molecule has 3 rings (SSSR count). The van der Waals surface area contributed by atoms with E-state index >= 15 is 0 Å². The summed E-state index contributed by atoms with van der Waals surface area (Å²) in [5, 5.41) is 18.2. The maximum atomic E-state index is 12.7. The van der Waals surface area contributed by atoms with Gasteiger partial charge in [-0.3, -0.25) is 13.9 Å². The summed E-state index contributed by atoms with van der Waals surface area (Å²) in [7, 11) is -8.28. The number of anilines is 1. The van der Waals surface area contributed by atoms with Gasteiger partial charge in [-0.1, -0.05) is 0 Å². The van der Waals surface area contributed by atoms with Crippen molar-refractivity contribution in [1.82, 2.24) is 4.57 Å². The largest absolute Gasteiger partial charge is 0.494 e. The van der Waals surface area contributed by atoms with Crippen LogP contribution in [0.5, 0.6) is 5.88 Å². The number of aromatic nitrogens is 1. The molecule has 11 nitrogen and oxygen atoms in total. The minimum Gasteiger partial charge on any atom is -0.494 e. The molecule has 3 aromatic rings. The Morgan fingerprint density at radius 3 is 1.97 bits per heavy atom. The van der Waals surface area contributed by atoms with Crippen LogP contribution in [0.2, 0.25) is 0 Å². The minimum atomic E-state index is -4.50. The number of nitrogens with two attached hydrogens (primary N) is 1. The summed E-state index contributed by atoms with van der Waals surface area (Å²) < 4.78 is 58.3. The number of nitrogen functional groups attached to an aromatic ring is 1. The van der Waals surface area contributed by atoms with Gasteiger partial charge in [0.15, 0.2) is 11.6 Å². The fourth-order valence-corrected chi connectivity index (χ4v) is 5.18. The maximum absolute atomic E-state index is 12.7. The molecule has 0 saturated carbocycles. The first-order chi connectivity index (χ1) is 15.8. The van der Waals surface area contributed by atoms with E-state index in [4.69, 9.17) is 5.73 Å². The molecule has 0 aliphatic rings. The highest BCUT2D eigenvalue weighted by Gasteiger charge is 2.22. The van der Waals surface area contributed by atoms with E-state index in [0.29, 0.717) is 5.69 Å². The van der Waals surface area contributed by atoms with Crippen LogP contribution < -0.4 is 11.3 Å². The smallest absolute Gasteiger partial charge is 0.281 e. The van der Waals surface area contributed by atoms with E-state index in [1.54, 1.807) is 6.92 Å². The van der Waals surface area contributed by atoms with Crippen molar-refractivity contribution < 1.29 is 26.5 Å². The van der Waals surface area contributed by atoms with E-state index in [1.165, 1.54) is 55.5 Å². The normalized spacial score (nSPS) is 12.3. The molecule has 0 aliphatic carbocycles. The van der Waals surface area contributed by atoms with Gasteiger partial charge in [0.25, 0.3) is 15.7 Å². The van der Waals surface area contributed by atoms with Gasteiger partial charge in [0.2, 0.25) is 9.84 Å². The molecular formula is C21H22N4O7S2. The van der Waals surface area contributed by atoms with Gasteiger partial charge in [-0.2, -0.15) is 13.5 Å². The lowest BCUT2D eigenvalue weighted by Gasteiger charge is -2.14. The first kappa shape index (κ1) is 25.1. The van der Waals surface area contributed by atoms with Crippen molar-refractivity contribution in [3.63, 3.8) is 0 Å². The van der Waals surface area contributed by atoms with Gasteiger partial charge in [0.1, 0.15) is 5.75 Å². The topological polar surface area (TPSA) is 181 Å². The molecule has 0 aliphatic heterocycles. The predicted molar refractivity (Wildman–Crippen MR) is 125 cm³/mol. The van der Waals surface area contributed by atoms with Crippen LogP contribution in [-0.4, -0.2) is 31.1 Å². The van der Waals surface area contributed by atoms with Crippen molar-refractivity contribution in [2.24, 2.45) is 10.2 Å². The van der Waals surface area contributed by atoms with Crippen LogP contribution >= 0.6 is 0 Å². The van der Waals surface area contributed by atoms with Crippen molar-refractivity contribution in [3.05, 3.63) is 70.0 Å². The molecule has 2 aromatic carbocycles. The van der Waals surface area contributed by atoms with Gasteiger partial charge in [-0.05, 0) is 67.9 Å². The molecule has 1 heterocycles. The van der Waals surface area contributed by atoms with E-state index in [1.807, 2.05) is 0 Å². The number of aromatic hydroxyl groups is 1. The number of nitrogens with zero attached hydrogens (tertiary/aromatic N) is 3. The van der Waals surface area contributed by atoms with Crippen molar-refractivity contribution in [3.8, 4) is 5.88 Å². The summed E-state index contributed by atoms with van der Waals surface area (Å²) in [6.07, 6.45) is 0. The van der Waals surface area contributed by atoms with Crippen LogP contribution in [0.3, 0.4) is 0 Å². The third kappa shape index (κ3) is 5.16. The summed E-state index contributed by atoms with van der Waals surface area (Å²) in [6.45, 7) is 2.96. The number of rotatable bonds is 7. The van der Waals surface area contributed by atoms with Gasteiger partial charge in [-0.15, -0.1) is 5.11 Å². The molecule has 0 fully saturated rings. The molecule has 0 atom stereocenters. The van der Waals surface area contributed by atoms with Gasteiger partial charge < -0.3 is 10.8 Å². The zero-order chi connectivity index (χ0) is 25.3. The lowest BCUT2D eigenvalue weighted by atomic mass is 10.1. The monoisotopic (exact) mass is 506 g/mol. The van der Waals surface area contributed by atoms with Crippen LogP contribution in [0.4, 0.5) is 17.1 Å². The summed E-state index contributed by atoms with van der Waals surface area (Å²) in [4.78, 5) is 12.8. The molecule has 4 N–H and O–H groups in total. The molecule has 0 bridgehead atoms. The maximum Gasteiger partial charge on any atom is 0.281 e. The van der Waals surface area contributed by atoms with Crippen LogP contribution in [0.1, 0.15) is 18.1 Å². The highest BCUT2D eigenvalue weighted by Crippen LogP contribution is 2.29. The number of benzene rings is 2. The Bertz CT molecular complexity index is 1530. The Kier molecular flexibility index (Phi) is 6.91. The SMILES string of the molecule is CCn1c(O)c(CS(=O)(=O)O)c(C)c(/N=N/c2ccc(S(=O)(=O)c3ccc(N)cc3)cc2)c1=O. The summed E-state index contributed by atoms with van der Waals surface area (Å²) in [5.41, 5.74) is 5.18. The molecule has 34 heavy (non-hydrogen) atoms. The number of hydrogen-bond donors (Lipinski definition) is 3. The van der Waals surface area contributed by atoms with Crippen molar-refractivity contribution in [2.75, 3.05) is 5.73 Å². The van der Waals surface area contributed by atoms with E-state index in [-0.39, 0.29) is 38.8 Å². The summed E-state index contributed by atoms with van der Waals surface area (Å²) in [6, 6.07) is 11.2. The third-order valence-electron chi connectivity index (χ3n) is 5.03. The number of pyridine rings is 1. The number of sulfone groups is 1. The highest BCUT2D eigenvalue weighted by molar-refractivity contribution is 7.91. The Morgan fingerprint density at radius 2 is 1.47 bits per heavy atom. The first-order valence-corrected chi connectivity index (χ1v) is 13.0. The molecule has 1 aromatic heterocycles. The van der Waals surface area contributed by atoms with Crippen LogP contribution in [0, 0.1) is 6.92 Å². The molecule has 0 amide bonds. The van der Waals surface area contributed by atoms with Crippen molar-refractivity contribution in [2.45, 2.75) is 35.9 Å². The van der Waals surface area contributed by atoms with E-state index < -0.39 is 37.1 Å². The fourth-order valence-electron chi connectivity index (χ4n) is 3.21. The van der Waals surface area contributed by atoms with Gasteiger partial charge in [0, 0.05) is 17.8 Å². The van der Waals surface area contributed by atoms with Crippen molar-refractivity contribution >= 4 is 37.0 Å². The third-order valence-corrected chi connectivity index (χ3v) is 7.47. The van der Waals surface area contributed by atoms with Gasteiger partial charge in [0.05, 0.1) is 15.5 Å². The average Bonchev–Trinajstić information content (AvgIpc) is 2.77. The molecule has 13 heteroatoms. The van der Waals surface area contributed by atoms with Gasteiger partial charge in [-0.25, -0.2) is 8.42 Å². The number of azo groups is 1. The molecule has 0 radical (unpaired) electrons.